The molecule has 1 spiro atoms. The van der Waals surface area contributed by atoms with E-state index in [0.717, 1.165) is 50.0 Å². The molecule has 1 fully saturated rings. The number of hydrogen-bond acceptors (Lipinski definition) is 3. The van der Waals surface area contributed by atoms with Gasteiger partial charge in [0.25, 0.3) is 0 Å². The minimum atomic E-state index is -0.387. The number of phenolic OH excluding ortho intramolecular Hbond substituents is 1. The summed E-state index contributed by atoms with van der Waals surface area (Å²) in [5.41, 5.74) is 1.09. The van der Waals surface area contributed by atoms with E-state index in [1.807, 2.05) is 6.07 Å². The van der Waals surface area contributed by atoms with Crippen molar-refractivity contribution < 1.29 is 14.6 Å². The molecule has 1 aromatic rings. The molecule has 86 valence electrons. The highest BCUT2D eigenvalue weighted by molar-refractivity contribution is 5.40. The minimum Gasteiger partial charge on any atom is -0.508 e. The summed E-state index contributed by atoms with van der Waals surface area (Å²) < 4.78 is 11.8. The highest BCUT2D eigenvalue weighted by Gasteiger charge is 2.38. The largest absolute Gasteiger partial charge is 0.508 e. The van der Waals surface area contributed by atoms with Crippen LogP contribution in [0.5, 0.6) is 11.5 Å². The molecule has 2 heterocycles. The number of aryl methyl sites for hydroxylation is 1. The predicted molar refractivity (Wildman–Crippen MR) is 59.6 cm³/mol. The van der Waals surface area contributed by atoms with Crippen LogP contribution in [-0.2, 0) is 11.2 Å². The van der Waals surface area contributed by atoms with Gasteiger partial charge in [0, 0.05) is 12.8 Å². The quantitative estimate of drug-likeness (QED) is 0.730. The van der Waals surface area contributed by atoms with E-state index in [1.54, 1.807) is 12.1 Å². The van der Waals surface area contributed by atoms with E-state index in [9.17, 15) is 5.11 Å². The second-order valence-electron chi connectivity index (χ2n) is 4.61. The maximum Gasteiger partial charge on any atom is 0.210 e. The van der Waals surface area contributed by atoms with Crippen LogP contribution in [0.2, 0.25) is 0 Å². The molecule has 2 aliphatic rings. The molecular weight excluding hydrogens is 204 g/mol. The van der Waals surface area contributed by atoms with E-state index < -0.39 is 0 Å². The summed E-state index contributed by atoms with van der Waals surface area (Å²) in [4.78, 5) is 0. The van der Waals surface area contributed by atoms with Crippen molar-refractivity contribution in [2.75, 3.05) is 6.61 Å². The Labute approximate surface area is 95.0 Å². The number of phenols is 1. The first-order valence-corrected chi connectivity index (χ1v) is 5.92. The number of hydrogen-bond donors (Lipinski definition) is 1. The summed E-state index contributed by atoms with van der Waals surface area (Å²) in [5.74, 6) is 0.797. The summed E-state index contributed by atoms with van der Waals surface area (Å²) in [7, 11) is 0. The topological polar surface area (TPSA) is 38.7 Å². The second kappa shape index (κ2) is 3.67. The predicted octanol–water partition coefficient (Wildman–Crippen LogP) is 2.61. The summed E-state index contributed by atoms with van der Waals surface area (Å²) in [6, 6.07) is 5.32. The Bertz CT molecular complexity index is 394. The van der Waals surface area contributed by atoms with E-state index in [4.69, 9.17) is 9.47 Å². The smallest absolute Gasteiger partial charge is 0.210 e. The molecule has 1 saturated heterocycles. The van der Waals surface area contributed by atoms with Gasteiger partial charge in [0.05, 0.1) is 6.61 Å². The molecule has 3 nitrogen and oxygen atoms in total. The van der Waals surface area contributed by atoms with Crippen LogP contribution < -0.4 is 4.74 Å². The highest BCUT2D eigenvalue weighted by Crippen LogP contribution is 2.39. The summed E-state index contributed by atoms with van der Waals surface area (Å²) in [6.07, 6.45) is 5.01. The maximum atomic E-state index is 9.45. The van der Waals surface area contributed by atoms with Gasteiger partial charge in [-0.2, -0.15) is 0 Å². The average Bonchev–Trinajstić information content (AvgIpc) is 2.62. The van der Waals surface area contributed by atoms with Crippen molar-refractivity contribution in [3.63, 3.8) is 0 Å². The maximum absolute atomic E-state index is 9.45. The van der Waals surface area contributed by atoms with E-state index in [-0.39, 0.29) is 5.79 Å². The lowest BCUT2D eigenvalue weighted by atomic mass is 10.0. The van der Waals surface area contributed by atoms with Crippen LogP contribution >= 0.6 is 0 Å². The molecule has 0 amide bonds. The molecule has 1 unspecified atom stereocenters. The zero-order valence-electron chi connectivity index (χ0n) is 9.24. The molecule has 0 bridgehead atoms. The zero-order valence-corrected chi connectivity index (χ0v) is 9.24. The van der Waals surface area contributed by atoms with Gasteiger partial charge >= 0.3 is 0 Å². The standard InChI is InChI=1S/C13H16O3/c14-11-4-5-12-10(9-11)3-1-6-13(16-12)7-2-8-15-13/h4-5,9,14H,1-3,6-8H2. The Kier molecular flexibility index (Phi) is 2.28. The first-order chi connectivity index (χ1) is 7.77. The SMILES string of the molecule is Oc1ccc2c(c1)CCCC1(CCCO1)O2. The second-order valence-corrected chi connectivity index (χ2v) is 4.61. The number of benzene rings is 1. The fourth-order valence-corrected chi connectivity index (χ4v) is 2.61. The molecule has 0 aliphatic carbocycles. The molecule has 1 atom stereocenters. The number of fused-ring (bicyclic) bond motifs is 1. The molecule has 0 saturated carbocycles. The highest BCUT2D eigenvalue weighted by atomic mass is 16.7. The van der Waals surface area contributed by atoms with E-state index in [0.29, 0.717) is 5.75 Å². The fraction of sp³-hybridized carbons (Fsp3) is 0.538. The van der Waals surface area contributed by atoms with Crippen molar-refractivity contribution >= 4 is 0 Å². The normalized spacial score (nSPS) is 28.5. The fourth-order valence-electron chi connectivity index (χ4n) is 2.61. The minimum absolute atomic E-state index is 0.311. The van der Waals surface area contributed by atoms with E-state index >= 15 is 0 Å². The molecule has 1 N–H and O–H groups in total. The molecule has 3 rings (SSSR count). The van der Waals surface area contributed by atoms with E-state index in [2.05, 4.69) is 0 Å². The van der Waals surface area contributed by atoms with Crippen molar-refractivity contribution in [1.29, 1.82) is 0 Å². The third kappa shape index (κ3) is 1.65. The average molecular weight is 220 g/mol. The number of rotatable bonds is 0. The number of aromatic hydroxyl groups is 1. The van der Waals surface area contributed by atoms with Crippen LogP contribution in [0.1, 0.15) is 31.2 Å². The third-order valence-corrected chi connectivity index (χ3v) is 3.41. The molecule has 16 heavy (non-hydrogen) atoms. The lowest BCUT2D eigenvalue weighted by Gasteiger charge is -2.27. The van der Waals surface area contributed by atoms with Gasteiger partial charge in [0.2, 0.25) is 5.79 Å². The summed E-state index contributed by atoms with van der Waals surface area (Å²) in [5, 5.41) is 9.45. The van der Waals surface area contributed by atoms with Gasteiger partial charge < -0.3 is 14.6 Å². The molecular formula is C13H16O3. The van der Waals surface area contributed by atoms with Gasteiger partial charge in [0.1, 0.15) is 11.5 Å². The monoisotopic (exact) mass is 220 g/mol. The summed E-state index contributed by atoms with van der Waals surface area (Å²) in [6.45, 7) is 0.799. The zero-order chi connectivity index (χ0) is 11.0. The molecule has 3 heteroatoms. The van der Waals surface area contributed by atoms with Gasteiger partial charge in [-0.1, -0.05) is 0 Å². The van der Waals surface area contributed by atoms with Crippen molar-refractivity contribution in [3.8, 4) is 11.5 Å². The van der Waals surface area contributed by atoms with Crippen LogP contribution in [0.3, 0.4) is 0 Å². The Balaban J connectivity index is 1.94. The van der Waals surface area contributed by atoms with Crippen molar-refractivity contribution in [2.24, 2.45) is 0 Å². The number of ether oxygens (including phenoxy) is 2. The Hall–Kier alpha value is -1.22. The van der Waals surface area contributed by atoms with Crippen LogP contribution in [0, 0.1) is 0 Å². The van der Waals surface area contributed by atoms with E-state index in [1.165, 1.54) is 0 Å². The molecule has 0 aromatic heterocycles. The molecule has 2 aliphatic heterocycles. The van der Waals surface area contributed by atoms with Gasteiger partial charge in [0.15, 0.2) is 0 Å². The van der Waals surface area contributed by atoms with Crippen LogP contribution in [0.15, 0.2) is 18.2 Å². The summed E-state index contributed by atoms with van der Waals surface area (Å²) >= 11 is 0. The molecule has 0 radical (unpaired) electrons. The van der Waals surface area contributed by atoms with Crippen LogP contribution in [0.25, 0.3) is 0 Å². The Morgan fingerprint density at radius 3 is 2.88 bits per heavy atom. The van der Waals surface area contributed by atoms with Gasteiger partial charge in [-0.05, 0) is 43.0 Å². The van der Waals surface area contributed by atoms with Gasteiger partial charge in [-0.25, -0.2) is 0 Å². The van der Waals surface area contributed by atoms with Crippen LogP contribution in [-0.4, -0.2) is 17.5 Å². The first kappa shape index (κ1) is 9.97. The first-order valence-electron chi connectivity index (χ1n) is 5.92. The van der Waals surface area contributed by atoms with Gasteiger partial charge in [-0.15, -0.1) is 0 Å². The Morgan fingerprint density at radius 1 is 1.19 bits per heavy atom. The van der Waals surface area contributed by atoms with Crippen molar-refractivity contribution in [1.82, 2.24) is 0 Å². The Morgan fingerprint density at radius 2 is 2.06 bits per heavy atom. The van der Waals surface area contributed by atoms with Gasteiger partial charge in [-0.3, -0.25) is 0 Å². The lowest BCUT2D eigenvalue weighted by molar-refractivity contribution is -0.152. The van der Waals surface area contributed by atoms with Crippen molar-refractivity contribution in [2.45, 2.75) is 37.9 Å². The lowest BCUT2D eigenvalue weighted by Crippen LogP contribution is -2.34. The van der Waals surface area contributed by atoms with Crippen molar-refractivity contribution in [3.05, 3.63) is 23.8 Å². The van der Waals surface area contributed by atoms with Crippen LogP contribution in [0.4, 0.5) is 0 Å². The third-order valence-electron chi connectivity index (χ3n) is 3.41. The molecule has 1 aromatic carbocycles.